The van der Waals surface area contributed by atoms with Crippen molar-refractivity contribution in [2.24, 2.45) is 5.11 Å². The third-order valence-corrected chi connectivity index (χ3v) is 4.22. The lowest BCUT2D eigenvalue weighted by atomic mass is 9.96. The number of nitrogens with zero attached hydrogens (tertiary/aromatic N) is 3. The van der Waals surface area contributed by atoms with E-state index in [1.54, 1.807) is 0 Å². The lowest BCUT2D eigenvalue weighted by Gasteiger charge is -2.43. The van der Waals surface area contributed by atoms with Crippen molar-refractivity contribution in [3.05, 3.63) is 59.0 Å². The molecule has 1 aromatic rings. The molecule has 1 aliphatic heterocycles. The van der Waals surface area contributed by atoms with Crippen molar-refractivity contribution in [1.29, 1.82) is 0 Å². The molecule has 1 aromatic carbocycles. The molecule has 1 aliphatic rings. The Morgan fingerprint density at radius 3 is 2.53 bits per heavy atom. The Kier molecular flexibility index (Phi) is 9.30. The van der Waals surface area contributed by atoms with Gasteiger partial charge in [-0.1, -0.05) is 41.5 Å². The van der Waals surface area contributed by atoms with Crippen molar-refractivity contribution in [1.82, 2.24) is 0 Å². The zero-order valence-corrected chi connectivity index (χ0v) is 16.9. The van der Waals surface area contributed by atoms with E-state index in [2.05, 4.69) is 16.6 Å². The highest BCUT2D eigenvalue weighted by Crippen LogP contribution is 2.30. The summed E-state index contributed by atoms with van der Waals surface area (Å²) in [4.78, 5) is 25.9. The summed E-state index contributed by atoms with van der Waals surface area (Å²) < 4.78 is 28.0. The van der Waals surface area contributed by atoms with Gasteiger partial charge in [-0.25, -0.2) is 0 Å². The van der Waals surface area contributed by atoms with E-state index in [0.29, 0.717) is 0 Å². The van der Waals surface area contributed by atoms with Gasteiger partial charge in [-0.15, -0.1) is 6.58 Å². The third-order valence-electron chi connectivity index (χ3n) is 4.22. The van der Waals surface area contributed by atoms with Crippen LogP contribution in [0.15, 0.2) is 48.1 Å². The second kappa shape index (κ2) is 11.9. The van der Waals surface area contributed by atoms with Gasteiger partial charge in [0.25, 0.3) is 0 Å². The number of azide groups is 1. The molecule has 1 heterocycles. The van der Waals surface area contributed by atoms with E-state index in [-0.39, 0.29) is 19.8 Å². The molecule has 5 atom stereocenters. The summed E-state index contributed by atoms with van der Waals surface area (Å²) in [6.07, 6.45) is -2.31. The lowest BCUT2D eigenvalue weighted by Crippen LogP contribution is -2.60. The topological polar surface area (TPSA) is 129 Å². The van der Waals surface area contributed by atoms with E-state index in [4.69, 9.17) is 29.2 Å². The van der Waals surface area contributed by atoms with E-state index in [1.165, 1.54) is 19.9 Å². The number of benzene rings is 1. The summed E-state index contributed by atoms with van der Waals surface area (Å²) in [6.45, 7) is 6.16. The monoisotopic (exact) mass is 419 g/mol. The molecule has 0 aliphatic carbocycles. The molecule has 0 spiro atoms. The highest BCUT2D eigenvalue weighted by Gasteiger charge is 2.49. The Morgan fingerprint density at radius 1 is 1.20 bits per heavy atom. The maximum atomic E-state index is 11.7. The summed E-state index contributed by atoms with van der Waals surface area (Å²) in [7, 11) is 0. The molecule has 0 saturated carbocycles. The van der Waals surface area contributed by atoms with Gasteiger partial charge in [-0.3, -0.25) is 9.59 Å². The quantitative estimate of drug-likeness (QED) is 0.187. The summed E-state index contributed by atoms with van der Waals surface area (Å²) in [5.41, 5.74) is 9.94. The molecule has 10 heteroatoms. The Balaban J connectivity index is 2.34. The van der Waals surface area contributed by atoms with Crippen LogP contribution in [0.1, 0.15) is 19.4 Å². The lowest BCUT2D eigenvalue weighted by molar-refractivity contribution is -0.276. The predicted molar refractivity (Wildman–Crippen MR) is 105 cm³/mol. The number of ether oxygens (including phenoxy) is 5. The molecule has 10 nitrogen and oxygen atoms in total. The fourth-order valence-electron chi connectivity index (χ4n) is 3.00. The molecule has 0 aromatic heterocycles. The van der Waals surface area contributed by atoms with E-state index in [0.717, 1.165) is 5.56 Å². The summed E-state index contributed by atoms with van der Waals surface area (Å²) in [5, 5.41) is 3.77. The van der Waals surface area contributed by atoms with Crippen molar-refractivity contribution >= 4 is 11.9 Å². The molecule has 0 radical (unpaired) electrons. The first-order valence-corrected chi connectivity index (χ1v) is 9.34. The minimum absolute atomic E-state index is 0.117. The molecule has 2 rings (SSSR count). The van der Waals surface area contributed by atoms with Crippen LogP contribution in [0.2, 0.25) is 0 Å². The van der Waals surface area contributed by atoms with Crippen molar-refractivity contribution < 1.29 is 33.3 Å². The van der Waals surface area contributed by atoms with Crippen LogP contribution < -0.4 is 0 Å². The molecule has 0 amide bonds. The number of rotatable bonds is 10. The van der Waals surface area contributed by atoms with Crippen LogP contribution in [0.4, 0.5) is 0 Å². The van der Waals surface area contributed by atoms with Gasteiger partial charge in [0.1, 0.15) is 24.9 Å². The van der Waals surface area contributed by atoms with E-state index < -0.39 is 42.6 Å². The van der Waals surface area contributed by atoms with Crippen molar-refractivity contribution in [3.63, 3.8) is 0 Å². The predicted octanol–water partition coefficient (Wildman–Crippen LogP) is 2.67. The van der Waals surface area contributed by atoms with Crippen LogP contribution in [0, 0.1) is 0 Å². The van der Waals surface area contributed by atoms with Crippen molar-refractivity contribution in [3.8, 4) is 0 Å². The molecule has 1 fully saturated rings. The SMILES string of the molecule is C=CCO[C@@H]1O[C@@H](COC(C)=O)[C@H](OC(C)=O)[C@H](OCc2ccccc2)[C@H]1N=[N+]=[N-]. The Labute approximate surface area is 174 Å². The molecule has 0 bridgehead atoms. The second-order valence-corrected chi connectivity index (χ2v) is 6.50. The van der Waals surface area contributed by atoms with Crippen molar-refractivity contribution in [2.45, 2.75) is 51.1 Å². The number of carbonyl (C=O) groups excluding carboxylic acids is 2. The Morgan fingerprint density at radius 2 is 1.93 bits per heavy atom. The molecule has 0 N–H and O–H groups in total. The van der Waals surface area contributed by atoms with Crippen molar-refractivity contribution in [2.75, 3.05) is 13.2 Å². The summed E-state index contributed by atoms with van der Waals surface area (Å²) in [5.74, 6) is -1.11. The normalized spacial score (nSPS) is 25.6. The van der Waals surface area contributed by atoms with Crippen LogP contribution in [-0.4, -0.2) is 55.8 Å². The van der Waals surface area contributed by atoms with E-state index >= 15 is 0 Å². The van der Waals surface area contributed by atoms with Gasteiger partial charge in [0.15, 0.2) is 12.4 Å². The Bertz CT molecular complexity index is 767. The molecule has 0 unspecified atom stereocenters. The van der Waals surface area contributed by atoms with Gasteiger partial charge in [-0.05, 0) is 11.1 Å². The molecular formula is C20H25N3O7. The number of carbonyl (C=O) groups is 2. The Hall–Kier alpha value is -2.91. The van der Waals surface area contributed by atoms with Crippen LogP contribution >= 0.6 is 0 Å². The van der Waals surface area contributed by atoms with Gasteiger partial charge < -0.3 is 23.7 Å². The van der Waals surface area contributed by atoms with Crippen LogP contribution in [0.3, 0.4) is 0 Å². The largest absolute Gasteiger partial charge is 0.463 e. The molecule has 162 valence electrons. The highest BCUT2D eigenvalue weighted by molar-refractivity contribution is 5.66. The molecular weight excluding hydrogens is 394 g/mol. The first-order valence-electron chi connectivity index (χ1n) is 9.34. The van der Waals surface area contributed by atoms with Gasteiger partial charge in [0.2, 0.25) is 0 Å². The van der Waals surface area contributed by atoms with Crippen LogP contribution in [-0.2, 0) is 39.9 Å². The standard InChI is InChI=1S/C20H25N3O7/c1-4-10-26-20-17(22-23-21)19(28-11-15-8-6-5-7-9-15)18(29-14(3)25)16(30-20)12-27-13(2)24/h4-9,16-20H,1,10-12H2,2-3H3/t16-,17+,18-,19+,20+/m0/s1. The first kappa shape index (κ1) is 23.4. The number of hydrogen-bond donors (Lipinski definition) is 0. The minimum Gasteiger partial charge on any atom is -0.463 e. The van der Waals surface area contributed by atoms with E-state index in [9.17, 15) is 9.59 Å². The smallest absolute Gasteiger partial charge is 0.303 e. The average molecular weight is 419 g/mol. The third kappa shape index (κ3) is 6.85. The highest BCUT2D eigenvalue weighted by atomic mass is 16.7. The summed E-state index contributed by atoms with van der Waals surface area (Å²) >= 11 is 0. The number of hydrogen-bond acceptors (Lipinski definition) is 8. The number of esters is 2. The average Bonchev–Trinajstić information content (AvgIpc) is 2.72. The summed E-state index contributed by atoms with van der Waals surface area (Å²) in [6, 6.07) is 8.36. The van der Waals surface area contributed by atoms with Gasteiger partial charge in [-0.2, -0.15) is 0 Å². The fraction of sp³-hybridized carbons (Fsp3) is 0.500. The second-order valence-electron chi connectivity index (χ2n) is 6.50. The maximum absolute atomic E-state index is 11.7. The van der Waals surface area contributed by atoms with E-state index in [1.807, 2.05) is 30.3 Å². The van der Waals surface area contributed by atoms with Gasteiger partial charge >= 0.3 is 11.9 Å². The molecule has 1 saturated heterocycles. The fourth-order valence-corrected chi connectivity index (χ4v) is 3.00. The van der Waals surface area contributed by atoms with Crippen LogP contribution in [0.25, 0.3) is 10.4 Å². The minimum atomic E-state index is -1.02. The zero-order chi connectivity index (χ0) is 21.9. The maximum Gasteiger partial charge on any atom is 0.303 e. The molecule has 30 heavy (non-hydrogen) atoms. The van der Waals surface area contributed by atoms with Crippen LogP contribution in [0.5, 0.6) is 0 Å². The van der Waals surface area contributed by atoms with Gasteiger partial charge in [0.05, 0.1) is 13.2 Å². The zero-order valence-electron chi connectivity index (χ0n) is 16.9. The first-order chi connectivity index (χ1) is 14.5. The van der Waals surface area contributed by atoms with Gasteiger partial charge in [0, 0.05) is 18.8 Å².